The first kappa shape index (κ1) is 17.8. The highest BCUT2D eigenvalue weighted by Crippen LogP contribution is 2.31. The van der Waals surface area contributed by atoms with Crippen LogP contribution in [0.15, 0.2) is 18.2 Å². The largest absolute Gasteiger partial charge is 0.340 e. The minimum absolute atomic E-state index is 0.111. The summed E-state index contributed by atoms with van der Waals surface area (Å²) in [5, 5.41) is 4.98. The second-order valence-corrected chi connectivity index (χ2v) is 8.09. The summed E-state index contributed by atoms with van der Waals surface area (Å²) in [4.78, 5) is 21.9. The van der Waals surface area contributed by atoms with E-state index < -0.39 is 10.0 Å². The number of nitrogens with two attached hydrogens (primary N) is 1. The first-order valence-corrected chi connectivity index (χ1v) is 10.00. The lowest BCUT2D eigenvalue weighted by molar-refractivity contribution is -0.135. The number of amides is 1. The molecule has 2 aromatic rings. The molecule has 3 N–H and O–H groups in total. The number of H-pyrrole nitrogens is 1. The molecule has 0 spiro atoms. The van der Waals surface area contributed by atoms with Crippen molar-refractivity contribution in [2.24, 2.45) is 5.14 Å². The molecule has 1 aromatic carbocycles. The van der Waals surface area contributed by atoms with E-state index >= 15 is 0 Å². The Morgan fingerprint density at radius 3 is 2.96 bits per heavy atom. The smallest absolute Gasteiger partial charge is 0.223 e. The van der Waals surface area contributed by atoms with Crippen molar-refractivity contribution >= 4 is 27.0 Å². The molecule has 1 aliphatic rings. The molecule has 2 heterocycles. The van der Waals surface area contributed by atoms with Gasteiger partial charge in [0.25, 0.3) is 0 Å². The number of aromatic nitrogens is 2. The Hall–Kier alpha value is -2.00. The number of fused-ring (bicyclic) bond motifs is 1. The molecule has 0 unspecified atom stereocenters. The average Bonchev–Trinajstić information content (AvgIpc) is 2.96. The number of nitrogens with zero attached hydrogens (tertiary/aromatic N) is 2. The number of hydrogen-bond donors (Lipinski definition) is 2. The minimum Gasteiger partial charge on any atom is -0.340 e. The van der Waals surface area contributed by atoms with Crippen LogP contribution >= 0.6 is 0 Å². The molecule has 1 saturated heterocycles. The zero-order chi connectivity index (χ0) is 18.0. The van der Waals surface area contributed by atoms with E-state index in [0.717, 1.165) is 19.3 Å². The van der Waals surface area contributed by atoms with Gasteiger partial charge in [-0.25, -0.2) is 22.9 Å². The highest BCUT2D eigenvalue weighted by Gasteiger charge is 2.30. The molecule has 1 amide bonds. The number of hydrogen-bond acceptors (Lipinski definition) is 4. The van der Waals surface area contributed by atoms with E-state index in [2.05, 4.69) is 9.97 Å². The first-order chi connectivity index (χ1) is 11.8. The molecule has 3 rings (SSSR count). The van der Waals surface area contributed by atoms with E-state index in [1.807, 2.05) is 0 Å². The maximum absolute atomic E-state index is 13.4. The summed E-state index contributed by atoms with van der Waals surface area (Å²) in [6.07, 6.45) is 2.96. The van der Waals surface area contributed by atoms with Crippen LogP contribution in [0, 0.1) is 5.82 Å². The van der Waals surface area contributed by atoms with Gasteiger partial charge in [-0.2, -0.15) is 0 Å². The minimum atomic E-state index is -3.56. The van der Waals surface area contributed by atoms with Crippen LogP contribution in [0.4, 0.5) is 4.39 Å². The Kier molecular flexibility index (Phi) is 5.05. The molecule has 25 heavy (non-hydrogen) atoms. The Bertz CT molecular complexity index is 881. The molecule has 1 aromatic heterocycles. The fourth-order valence-corrected chi connectivity index (χ4v) is 3.79. The van der Waals surface area contributed by atoms with E-state index in [0.29, 0.717) is 23.4 Å². The van der Waals surface area contributed by atoms with Crippen LogP contribution in [0.5, 0.6) is 0 Å². The van der Waals surface area contributed by atoms with E-state index in [1.54, 1.807) is 11.0 Å². The molecule has 7 nitrogen and oxygen atoms in total. The van der Waals surface area contributed by atoms with Gasteiger partial charge < -0.3 is 9.88 Å². The number of aromatic amines is 1. The number of piperidine rings is 1. The van der Waals surface area contributed by atoms with Crippen molar-refractivity contribution in [3.05, 3.63) is 29.8 Å². The van der Waals surface area contributed by atoms with Gasteiger partial charge >= 0.3 is 0 Å². The van der Waals surface area contributed by atoms with Crippen LogP contribution in [0.1, 0.15) is 44.0 Å². The molecule has 1 fully saturated rings. The molecule has 0 bridgehead atoms. The van der Waals surface area contributed by atoms with Crippen molar-refractivity contribution in [2.45, 2.75) is 38.1 Å². The predicted molar refractivity (Wildman–Crippen MR) is 91.6 cm³/mol. The number of rotatable bonds is 5. The fraction of sp³-hybridized carbons (Fsp3) is 0.500. The molecule has 1 aliphatic heterocycles. The van der Waals surface area contributed by atoms with Crippen molar-refractivity contribution in [2.75, 3.05) is 12.3 Å². The number of carbonyl (C=O) groups excluding carboxylic acids is 1. The average molecular weight is 368 g/mol. The Labute approximate surface area is 145 Å². The number of halogens is 1. The lowest BCUT2D eigenvalue weighted by atomic mass is 10.0. The Balaban J connectivity index is 1.76. The first-order valence-electron chi connectivity index (χ1n) is 8.28. The number of benzene rings is 1. The van der Waals surface area contributed by atoms with Crippen LogP contribution in [-0.4, -0.2) is 41.5 Å². The predicted octanol–water partition coefficient (Wildman–Crippen LogP) is 1.82. The standard InChI is InChI=1S/C16H21FN4O3S/c17-11-6-7-12-13(10-11)20-16(19-12)14-4-1-2-8-21(14)15(22)5-3-9-25(18,23)24/h6-7,10,14H,1-5,8-9H2,(H,19,20)(H2,18,23,24)/t14-/m0/s1. The zero-order valence-corrected chi connectivity index (χ0v) is 14.6. The van der Waals surface area contributed by atoms with Crippen LogP contribution in [0.3, 0.4) is 0 Å². The monoisotopic (exact) mass is 368 g/mol. The SMILES string of the molecule is NS(=O)(=O)CCCC(=O)N1CCCC[C@H]1c1nc2ccc(F)cc2[nH]1. The molecule has 0 radical (unpaired) electrons. The topological polar surface area (TPSA) is 109 Å². The van der Waals surface area contributed by atoms with Crippen molar-refractivity contribution in [3.8, 4) is 0 Å². The van der Waals surface area contributed by atoms with Gasteiger partial charge in [-0.05, 0) is 43.9 Å². The van der Waals surface area contributed by atoms with Gasteiger partial charge in [-0.3, -0.25) is 4.79 Å². The molecule has 136 valence electrons. The van der Waals surface area contributed by atoms with Crippen LogP contribution in [0.25, 0.3) is 11.0 Å². The highest BCUT2D eigenvalue weighted by molar-refractivity contribution is 7.89. The van der Waals surface area contributed by atoms with Gasteiger partial charge in [0.15, 0.2) is 0 Å². The third kappa shape index (κ3) is 4.35. The van der Waals surface area contributed by atoms with Gasteiger partial charge in [0.1, 0.15) is 11.6 Å². The number of sulfonamides is 1. The van der Waals surface area contributed by atoms with E-state index in [-0.39, 0.29) is 36.4 Å². The van der Waals surface area contributed by atoms with Gasteiger partial charge in [0.05, 0.1) is 22.8 Å². The van der Waals surface area contributed by atoms with Gasteiger partial charge in [0, 0.05) is 13.0 Å². The van der Waals surface area contributed by atoms with Gasteiger partial charge in [0.2, 0.25) is 15.9 Å². The lowest BCUT2D eigenvalue weighted by Crippen LogP contribution is -2.39. The number of carbonyl (C=O) groups is 1. The summed E-state index contributed by atoms with van der Waals surface area (Å²) in [6, 6.07) is 4.13. The highest BCUT2D eigenvalue weighted by atomic mass is 32.2. The number of imidazole rings is 1. The summed E-state index contributed by atoms with van der Waals surface area (Å²) in [7, 11) is -3.56. The van der Waals surface area contributed by atoms with E-state index in [9.17, 15) is 17.6 Å². The number of likely N-dealkylation sites (tertiary alicyclic amines) is 1. The molecule has 1 atom stereocenters. The van der Waals surface area contributed by atoms with Crippen LogP contribution in [-0.2, 0) is 14.8 Å². The second-order valence-electron chi connectivity index (χ2n) is 6.35. The third-order valence-corrected chi connectivity index (χ3v) is 5.28. The van der Waals surface area contributed by atoms with Gasteiger partial charge in [-0.1, -0.05) is 0 Å². The lowest BCUT2D eigenvalue weighted by Gasteiger charge is -2.34. The normalized spacial score (nSPS) is 18.6. The molecular formula is C16H21FN4O3S. The summed E-state index contributed by atoms with van der Waals surface area (Å²) < 4.78 is 35.4. The second kappa shape index (κ2) is 7.09. The van der Waals surface area contributed by atoms with E-state index in [4.69, 9.17) is 5.14 Å². The summed E-state index contributed by atoms with van der Waals surface area (Å²) >= 11 is 0. The molecular weight excluding hydrogens is 347 g/mol. The van der Waals surface area contributed by atoms with Crippen LogP contribution in [0.2, 0.25) is 0 Å². The zero-order valence-electron chi connectivity index (χ0n) is 13.7. The maximum atomic E-state index is 13.4. The maximum Gasteiger partial charge on any atom is 0.223 e. The number of nitrogens with one attached hydrogen (secondary N) is 1. The Morgan fingerprint density at radius 2 is 2.20 bits per heavy atom. The summed E-state index contributed by atoms with van der Waals surface area (Å²) in [5.41, 5.74) is 1.26. The van der Waals surface area contributed by atoms with Crippen molar-refractivity contribution in [1.82, 2.24) is 14.9 Å². The van der Waals surface area contributed by atoms with Crippen molar-refractivity contribution in [1.29, 1.82) is 0 Å². The summed E-state index contributed by atoms with van der Waals surface area (Å²) in [6.45, 7) is 0.601. The van der Waals surface area contributed by atoms with E-state index in [1.165, 1.54) is 12.1 Å². The quantitative estimate of drug-likeness (QED) is 0.839. The Morgan fingerprint density at radius 1 is 1.40 bits per heavy atom. The van der Waals surface area contributed by atoms with Gasteiger partial charge in [-0.15, -0.1) is 0 Å². The van der Waals surface area contributed by atoms with Crippen LogP contribution < -0.4 is 5.14 Å². The molecule has 0 aliphatic carbocycles. The van der Waals surface area contributed by atoms with Crippen molar-refractivity contribution in [3.63, 3.8) is 0 Å². The fourth-order valence-electron chi connectivity index (χ4n) is 3.24. The third-order valence-electron chi connectivity index (χ3n) is 4.42. The number of primary sulfonamides is 1. The molecule has 0 saturated carbocycles. The van der Waals surface area contributed by atoms with Crippen molar-refractivity contribution < 1.29 is 17.6 Å². The summed E-state index contributed by atoms with van der Waals surface area (Å²) in [5.74, 6) is -0.0244. The molecule has 9 heteroatoms.